The average molecular weight is 327 g/mol. The number of hydrogen-bond acceptors (Lipinski definition) is 6. The van der Waals surface area contributed by atoms with Crippen molar-refractivity contribution >= 4 is 31.9 Å². The first-order valence-corrected chi connectivity index (χ1v) is 6.77. The minimum atomic E-state index is -3.75. The largest absolute Gasteiger partial charge is 0.469 e. The summed E-state index contributed by atoms with van der Waals surface area (Å²) in [6.45, 7) is -0.0490. The molecule has 0 fully saturated rings. The van der Waals surface area contributed by atoms with Crippen LogP contribution >= 0.6 is 15.9 Å². The van der Waals surface area contributed by atoms with Gasteiger partial charge in [-0.2, -0.15) is 0 Å². The summed E-state index contributed by atoms with van der Waals surface area (Å²) < 4.78 is 31.5. The molecule has 0 bridgehead atoms. The van der Waals surface area contributed by atoms with Crippen LogP contribution in [0.4, 0.5) is 0 Å². The van der Waals surface area contributed by atoms with Crippen molar-refractivity contribution in [3.05, 3.63) is 4.60 Å². The van der Waals surface area contributed by atoms with E-state index in [1.807, 2.05) is 0 Å². The minimum Gasteiger partial charge on any atom is -0.469 e. The summed E-state index contributed by atoms with van der Waals surface area (Å²) >= 11 is 2.98. The van der Waals surface area contributed by atoms with E-state index in [-0.39, 0.29) is 22.6 Å². The molecule has 0 unspecified atom stereocenters. The molecule has 1 heterocycles. The molecule has 1 aromatic rings. The van der Waals surface area contributed by atoms with Crippen molar-refractivity contribution < 1.29 is 17.9 Å². The van der Waals surface area contributed by atoms with Crippen LogP contribution in [0.3, 0.4) is 0 Å². The van der Waals surface area contributed by atoms with Crippen LogP contribution < -0.4 is 4.72 Å². The molecule has 17 heavy (non-hydrogen) atoms. The monoisotopic (exact) mass is 326 g/mol. The first-order chi connectivity index (χ1) is 7.88. The molecule has 0 spiro atoms. The second-order valence-electron chi connectivity index (χ2n) is 3.03. The van der Waals surface area contributed by atoms with E-state index in [1.54, 1.807) is 0 Å². The topological polar surface area (TPSA) is 103 Å². The Morgan fingerprint density at radius 2 is 2.24 bits per heavy atom. The lowest BCUT2D eigenvalue weighted by molar-refractivity contribution is -0.140. The fourth-order valence-corrected chi connectivity index (χ4v) is 3.19. The maximum Gasteiger partial charge on any atom is 0.306 e. The number of sulfonamides is 1. The van der Waals surface area contributed by atoms with E-state index in [2.05, 4.69) is 35.7 Å². The number of carbonyl (C=O) groups is 1. The minimum absolute atomic E-state index is 0.0430. The predicted octanol–water partition coefficient (Wildman–Crippen LogP) is -0.581. The smallest absolute Gasteiger partial charge is 0.306 e. The van der Waals surface area contributed by atoms with Crippen molar-refractivity contribution in [1.29, 1.82) is 0 Å². The Hall–Kier alpha value is -1.00. The molecule has 96 valence electrons. The van der Waals surface area contributed by atoms with Gasteiger partial charge in [0.05, 0.1) is 13.5 Å². The molecule has 0 aromatic carbocycles. The third-order valence-electron chi connectivity index (χ3n) is 1.84. The van der Waals surface area contributed by atoms with E-state index in [4.69, 9.17) is 0 Å². The van der Waals surface area contributed by atoms with E-state index in [9.17, 15) is 13.2 Å². The summed E-state index contributed by atoms with van der Waals surface area (Å²) in [5, 5.41) is 7.02. The molecule has 0 saturated heterocycles. The number of aryl methyl sites for hydroxylation is 1. The highest BCUT2D eigenvalue weighted by Crippen LogP contribution is 2.17. The Bertz CT molecular complexity index is 492. The van der Waals surface area contributed by atoms with Crippen molar-refractivity contribution in [2.75, 3.05) is 13.7 Å². The fourth-order valence-electron chi connectivity index (χ4n) is 1.07. The van der Waals surface area contributed by atoms with Gasteiger partial charge >= 0.3 is 5.97 Å². The molecule has 0 saturated carbocycles. The molecule has 0 amide bonds. The van der Waals surface area contributed by atoms with E-state index in [0.717, 1.165) is 4.68 Å². The van der Waals surface area contributed by atoms with Gasteiger partial charge in [-0.05, 0) is 15.9 Å². The Balaban J connectivity index is 2.73. The van der Waals surface area contributed by atoms with Crippen LogP contribution in [0.5, 0.6) is 0 Å². The molecular weight excluding hydrogens is 316 g/mol. The molecule has 1 aromatic heterocycles. The Morgan fingerprint density at radius 3 is 2.71 bits per heavy atom. The molecule has 0 aliphatic rings. The molecule has 1 rings (SSSR count). The van der Waals surface area contributed by atoms with Crippen LogP contribution in [0, 0.1) is 0 Å². The number of carbonyl (C=O) groups excluding carboxylic acids is 1. The third-order valence-corrected chi connectivity index (χ3v) is 4.19. The van der Waals surface area contributed by atoms with Gasteiger partial charge in [0.25, 0.3) is 10.0 Å². The molecule has 0 aliphatic carbocycles. The highest BCUT2D eigenvalue weighted by atomic mass is 79.9. The van der Waals surface area contributed by atoms with Gasteiger partial charge in [0.1, 0.15) is 0 Å². The average Bonchev–Trinajstić information content (AvgIpc) is 2.58. The lowest BCUT2D eigenvalue weighted by Gasteiger charge is -2.05. The zero-order chi connectivity index (χ0) is 13.1. The number of rotatable bonds is 5. The molecule has 10 heteroatoms. The zero-order valence-corrected chi connectivity index (χ0v) is 11.6. The fraction of sp³-hybridized carbons (Fsp3) is 0.571. The van der Waals surface area contributed by atoms with Crippen molar-refractivity contribution in [3.63, 3.8) is 0 Å². The highest BCUT2D eigenvalue weighted by molar-refractivity contribution is 9.10. The number of halogens is 1. The van der Waals surface area contributed by atoms with Crippen molar-refractivity contribution in [3.8, 4) is 0 Å². The zero-order valence-electron chi connectivity index (χ0n) is 9.18. The summed E-state index contributed by atoms with van der Waals surface area (Å²) in [4.78, 5) is 10.8. The number of hydrogen-bond donors (Lipinski definition) is 1. The van der Waals surface area contributed by atoms with Crippen LogP contribution in [0.15, 0.2) is 9.63 Å². The highest BCUT2D eigenvalue weighted by Gasteiger charge is 2.23. The maximum absolute atomic E-state index is 11.8. The summed E-state index contributed by atoms with van der Waals surface area (Å²) in [7, 11) is -1.06. The molecular formula is C7H11BrN4O4S. The molecule has 0 atom stereocenters. The van der Waals surface area contributed by atoms with Gasteiger partial charge in [-0.1, -0.05) is 5.21 Å². The number of esters is 1. The van der Waals surface area contributed by atoms with Crippen LogP contribution in [0.1, 0.15) is 6.42 Å². The molecule has 0 aliphatic heterocycles. The van der Waals surface area contributed by atoms with Crippen molar-refractivity contribution in [2.45, 2.75) is 11.4 Å². The third kappa shape index (κ3) is 3.48. The van der Waals surface area contributed by atoms with E-state index in [0.29, 0.717) is 0 Å². The standard InChI is InChI=1S/C7H11BrN4O4S/c1-12-7(6(8)10-11-12)17(14,15)9-4-3-5(13)16-2/h9H,3-4H2,1-2H3. The van der Waals surface area contributed by atoms with Gasteiger partial charge in [0.15, 0.2) is 4.60 Å². The van der Waals surface area contributed by atoms with Crippen molar-refractivity contribution in [2.24, 2.45) is 7.05 Å². The van der Waals surface area contributed by atoms with Gasteiger partial charge in [0.2, 0.25) is 5.03 Å². The van der Waals surface area contributed by atoms with Gasteiger partial charge in [-0.15, -0.1) is 5.10 Å². The first-order valence-electron chi connectivity index (χ1n) is 4.50. The van der Waals surface area contributed by atoms with Crippen LogP contribution in [0.2, 0.25) is 0 Å². The second kappa shape index (κ2) is 5.56. The summed E-state index contributed by atoms with van der Waals surface area (Å²) in [6.07, 6.45) is -0.0430. The van der Waals surface area contributed by atoms with E-state index >= 15 is 0 Å². The van der Waals surface area contributed by atoms with Gasteiger partial charge in [0, 0.05) is 13.6 Å². The lowest BCUT2D eigenvalue weighted by Crippen LogP contribution is -2.28. The quantitative estimate of drug-likeness (QED) is 0.726. The van der Waals surface area contributed by atoms with E-state index in [1.165, 1.54) is 14.2 Å². The summed E-state index contributed by atoms with van der Waals surface area (Å²) in [5.74, 6) is -0.491. The van der Waals surface area contributed by atoms with Crippen LogP contribution in [0.25, 0.3) is 0 Å². The normalized spacial score (nSPS) is 11.5. The Kier molecular flexibility index (Phi) is 4.60. The Morgan fingerprint density at radius 1 is 1.59 bits per heavy atom. The number of aromatic nitrogens is 3. The molecule has 1 N–H and O–H groups in total. The summed E-state index contributed by atoms with van der Waals surface area (Å²) in [5.41, 5.74) is 0. The van der Waals surface area contributed by atoms with E-state index < -0.39 is 16.0 Å². The number of methoxy groups -OCH3 is 1. The summed E-state index contributed by atoms with van der Waals surface area (Å²) in [6, 6.07) is 0. The second-order valence-corrected chi connectivity index (χ2v) is 5.47. The van der Waals surface area contributed by atoms with Gasteiger partial charge in [-0.3, -0.25) is 4.79 Å². The van der Waals surface area contributed by atoms with Crippen molar-refractivity contribution in [1.82, 2.24) is 19.7 Å². The van der Waals surface area contributed by atoms with Gasteiger partial charge in [-0.25, -0.2) is 17.8 Å². The first kappa shape index (κ1) is 14.1. The number of nitrogens with zero attached hydrogens (tertiary/aromatic N) is 3. The molecule has 0 radical (unpaired) electrons. The maximum atomic E-state index is 11.8. The number of nitrogens with one attached hydrogen (secondary N) is 1. The number of ether oxygens (including phenoxy) is 1. The van der Waals surface area contributed by atoms with Gasteiger partial charge < -0.3 is 4.74 Å². The Labute approximate surface area is 107 Å². The predicted molar refractivity (Wildman–Crippen MR) is 60.5 cm³/mol. The van der Waals surface area contributed by atoms with Crippen LogP contribution in [-0.4, -0.2) is 43.0 Å². The SMILES string of the molecule is COC(=O)CCNS(=O)(=O)c1c(Br)nnn1C. The molecule has 8 nitrogen and oxygen atoms in total. The lowest BCUT2D eigenvalue weighted by atomic mass is 10.4. The van der Waals surface area contributed by atoms with Crippen LogP contribution in [-0.2, 0) is 26.6 Å².